The van der Waals surface area contributed by atoms with Gasteiger partial charge in [0.25, 0.3) is 5.56 Å². The number of fused-ring (bicyclic) bond motifs is 11. The molecule has 0 bridgehead atoms. The van der Waals surface area contributed by atoms with Crippen LogP contribution in [0.15, 0.2) is 199 Å². The first kappa shape index (κ1) is 32.5. The molecule has 4 heterocycles. The molecule has 0 atom stereocenters. The van der Waals surface area contributed by atoms with Crippen LogP contribution in [-0.2, 0) is 0 Å². The van der Waals surface area contributed by atoms with E-state index in [-0.39, 0.29) is 5.56 Å². The fourth-order valence-electron chi connectivity index (χ4n) is 9.90. The second-order valence-electron chi connectivity index (χ2n) is 15.6. The second-order valence-corrected chi connectivity index (χ2v) is 16.7. The summed E-state index contributed by atoms with van der Waals surface area (Å²) < 4.78 is 6.87. The van der Waals surface area contributed by atoms with Crippen LogP contribution in [0, 0.1) is 0 Å². The zero-order valence-electron chi connectivity index (χ0n) is 31.7. The lowest BCUT2D eigenvalue weighted by molar-refractivity contribution is 1.19. The average molecular weight is 769 g/mol. The number of benzene rings is 9. The van der Waals surface area contributed by atoms with Gasteiger partial charge in [0.1, 0.15) is 0 Å². The number of para-hydroxylation sites is 3. The molecule has 0 saturated heterocycles. The number of aromatic nitrogens is 2. The summed E-state index contributed by atoms with van der Waals surface area (Å²) in [5.74, 6) is 0. The van der Waals surface area contributed by atoms with Gasteiger partial charge in [-0.2, -0.15) is 0 Å². The molecule has 0 spiro atoms. The first-order valence-electron chi connectivity index (χ1n) is 20.0. The quantitative estimate of drug-likeness (QED) is 0.164. The third-order valence-electron chi connectivity index (χ3n) is 12.5. The minimum Gasteiger partial charge on any atom is -0.309 e. The second kappa shape index (κ2) is 12.2. The molecule has 0 saturated carbocycles. The summed E-state index contributed by atoms with van der Waals surface area (Å²) in [6.45, 7) is 0. The average Bonchev–Trinajstić information content (AvgIpc) is 3.96. The summed E-state index contributed by atoms with van der Waals surface area (Å²) in [5.41, 5.74) is 12.5. The fourth-order valence-corrected chi connectivity index (χ4v) is 11.0. The van der Waals surface area contributed by atoms with Gasteiger partial charge in [0, 0.05) is 63.7 Å². The van der Waals surface area contributed by atoms with Gasteiger partial charge in [-0.25, -0.2) is 0 Å². The predicted octanol–water partition coefficient (Wildman–Crippen LogP) is 14.7. The van der Waals surface area contributed by atoms with Crippen molar-refractivity contribution in [3.63, 3.8) is 0 Å². The Balaban J connectivity index is 1.03. The monoisotopic (exact) mass is 768 g/mol. The summed E-state index contributed by atoms with van der Waals surface area (Å²) in [4.78, 5) is 14.5. The maximum Gasteiger partial charge on any atom is 0.263 e. The van der Waals surface area contributed by atoms with E-state index in [9.17, 15) is 4.79 Å². The number of hydrogen-bond acceptors (Lipinski definition) is 2. The highest BCUT2D eigenvalue weighted by atomic mass is 32.1. The van der Waals surface area contributed by atoms with E-state index in [2.05, 4.69) is 180 Å². The number of hydrogen-bond donors (Lipinski definition) is 0. The van der Waals surface area contributed by atoms with Crippen molar-refractivity contribution in [3.8, 4) is 39.1 Å². The van der Waals surface area contributed by atoms with E-state index in [1.807, 2.05) is 33.9 Å². The van der Waals surface area contributed by atoms with E-state index < -0.39 is 0 Å². The van der Waals surface area contributed by atoms with Crippen LogP contribution in [-0.4, -0.2) is 8.97 Å². The van der Waals surface area contributed by atoms with Crippen molar-refractivity contribution in [2.75, 3.05) is 0 Å². The van der Waals surface area contributed by atoms with Crippen molar-refractivity contribution < 1.29 is 0 Å². The molecule has 4 aromatic heterocycles. The lowest BCUT2D eigenvalue weighted by Gasteiger charge is -2.11. The van der Waals surface area contributed by atoms with Crippen molar-refractivity contribution in [1.29, 1.82) is 0 Å². The third kappa shape index (κ3) is 4.60. The van der Waals surface area contributed by atoms with Crippen LogP contribution in [0.25, 0.3) is 119 Å². The molecule has 13 aromatic rings. The lowest BCUT2D eigenvalue weighted by Crippen LogP contribution is -2.13. The third-order valence-corrected chi connectivity index (χ3v) is 13.6. The molecule has 13 rings (SSSR count). The van der Waals surface area contributed by atoms with Gasteiger partial charge in [-0.1, -0.05) is 140 Å². The van der Waals surface area contributed by atoms with E-state index in [1.165, 1.54) is 64.2 Å². The molecule has 3 nitrogen and oxygen atoms in total. The highest BCUT2D eigenvalue weighted by Crippen LogP contribution is 2.45. The SMILES string of the molecule is O=c1c2ccccc2c2cccc3c4cccc(-c5cccc6sc7ccc(-n8c9ccccc9c9cc(-c%10cccc(-c%11ccccc%11)c%10)ccc98)cc7c56)c4n1c23. The summed E-state index contributed by atoms with van der Waals surface area (Å²) in [6.07, 6.45) is 0. The predicted molar refractivity (Wildman–Crippen MR) is 251 cm³/mol. The molecular formula is C55H32N2OS. The largest absolute Gasteiger partial charge is 0.309 e. The van der Waals surface area contributed by atoms with E-state index >= 15 is 0 Å². The Bertz CT molecular complexity index is 3930. The smallest absolute Gasteiger partial charge is 0.263 e. The molecule has 0 radical (unpaired) electrons. The Hall–Kier alpha value is -7.53. The van der Waals surface area contributed by atoms with Crippen LogP contribution in [0.4, 0.5) is 0 Å². The Morgan fingerprint density at radius 2 is 0.966 bits per heavy atom. The van der Waals surface area contributed by atoms with Crippen LogP contribution in [0.3, 0.4) is 0 Å². The maximum absolute atomic E-state index is 14.5. The van der Waals surface area contributed by atoms with Crippen LogP contribution < -0.4 is 5.56 Å². The Morgan fingerprint density at radius 3 is 1.83 bits per heavy atom. The molecule has 0 unspecified atom stereocenters. The number of thiophene rings is 1. The van der Waals surface area contributed by atoms with Gasteiger partial charge >= 0.3 is 0 Å². The van der Waals surface area contributed by atoms with Gasteiger partial charge < -0.3 is 4.57 Å². The van der Waals surface area contributed by atoms with Gasteiger partial charge in [0.2, 0.25) is 0 Å². The minimum atomic E-state index is 0.0230. The molecule has 0 aliphatic carbocycles. The number of pyridine rings is 1. The van der Waals surface area contributed by atoms with Crippen molar-refractivity contribution in [2.24, 2.45) is 0 Å². The summed E-state index contributed by atoms with van der Waals surface area (Å²) >= 11 is 1.82. The van der Waals surface area contributed by atoms with E-state index in [0.717, 1.165) is 54.8 Å². The van der Waals surface area contributed by atoms with E-state index in [4.69, 9.17) is 0 Å². The van der Waals surface area contributed by atoms with Crippen LogP contribution in [0.5, 0.6) is 0 Å². The van der Waals surface area contributed by atoms with Crippen LogP contribution in [0.2, 0.25) is 0 Å². The highest BCUT2D eigenvalue weighted by molar-refractivity contribution is 7.26. The van der Waals surface area contributed by atoms with Gasteiger partial charge in [-0.3, -0.25) is 9.20 Å². The van der Waals surface area contributed by atoms with Gasteiger partial charge in [-0.15, -0.1) is 11.3 Å². The number of nitrogens with zero attached hydrogens (tertiary/aromatic N) is 2. The van der Waals surface area contributed by atoms with Crippen molar-refractivity contribution in [2.45, 2.75) is 0 Å². The highest BCUT2D eigenvalue weighted by Gasteiger charge is 2.22. The van der Waals surface area contributed by atoms with E-state index in [1.54, 1.807) is 0 Å². The van der Waals surface area contributed by atoms with Gasteiger partial charge in [0.15, 0.2) is 0 Å². The van der Waals surface area contributed by atoms with Crippen molar-refractivity contribution >= 4 is 91.3 Å². The van der Waals surface area contributed by atoms with Gasteiger partial charge in [-0.05, 0) is 87.8 Å². The summed E-state index contributed by atoms with van der Waals surface area (Å²) in [6, 6.07) is 69.6. The van der Waals surface area contributed by atoms with Crippen LogP contribution >= 0.6 is 11.3 Å². The topological polar surface area (TPSA) is 26.4 Å². The molecule has 0 amide bonds. The molecule has 0 N–H and O–H groups in total. The zero-order chi connectivity index (χ0) is 38.8. The standard InChI is InChI=1S/C55H32N2OS/c58-55-45-18-5-4-16-38(45)41-20-9-22-43-44-23-10-21-42(54(44)57(55)53(41)43)40-19-11-25-51-52(40)47-32-37(27-29-50(47)59-51)56-48-24-7-6-17-39(48)46-31-36(26-28-49(46)56)35-15-8-14-34(30-35)33-12-2-1-3-13-33/h1-32H. The lowest BCUT2D eigenvalue weighted by atomic mass is 9.97. The maximum atomic E-state index is 14.5. The molecular weight excluding hydrogens is 737 g/mol. The minimum absolute atomic E-state index is 0.0230. The first-order valence-corrected chi connectivity index (χ1v) is 20.9. The zero-order valence-corrected chi connectivity index (χ0v) is 32.5. The molecule has 4 heteroatoms. The molecule has 59 heavy (non-hydrogen) atoms. The molecule has 0 fully saturated rings. The first-order chi connectivity index (χ1) is 29.2. The molecule has 0 aliphatic rings. The number of rotatable bonds is 4. The molecule has 274 valence electrons. The van der Waals surface area contributed by atoms with Gasteiger partial charge in [0.05, 0.1) is 22.1 Å². The van der Waals surface area contributed by atoms with Crippen molar-refractivity contribution in [1.82, 2.24) is 8.97 Å². The Labute approximate surface area is 342 Å². The molecule has 9 aromatic carbocycles. The Kier molecular flexibility index (Phi) is 6.75. The van der Waals surface area contributed by atoms with E-state index in [0.29, 0.717) is 0 Å². The molecule has 0 aliphatic heterocycles. The fraction of sp³-hybridized carbons (Fsp3) is 0. The summed E-state index contributed by atoms with van der Waals surface area (Å²) in [7, 11) is 0. The normalized spacial score (nSPS) is 12.1. The summed E-state index contributed by atoms with van der Waals surface area (Å²) in [5, 5.41) is 9.91. The Morgan fingerprint density at radius 1 is 0.356 bits per heavy atom. The van der Waals surface area contributed by atoms with Crippen molar-refractivity contribution in [3.05, 3.63) is 204 Å². The van der Waals surface area contributed by atoms with Crippen LogP contribution in [0.1, 0.15) is 0 Å².